The lowest BCUT2D eigenvalue weighted by atomic mass is 10.1. The Balaban J connectivity index is 2.05. The fourth-order valence-corrected chi connectivity index (χ4v) is 4.27. The van der Waals surface area contributed by atoms with Crippen LogP contribution in [0.15, 0.2) is 0 Å². The summed E-state index contributed by atoms with van der Waals surface area (Å²) in [5.74, 6) is 2.25. The van der Waals surface area contributed by atoms with Crippen molar-refractivity contribution in [2.75, 3.05) is 31.2 Å². The highest BCUT2D eigenvalue weighted by atomic mass is 32.2. The SMILES string of the molecule is CCN(C(=O)N(C[C@H]1CCCO1)[C@H]1CCSC1)C(C)C. The van der Waals surface area contributed by atoms with E-state index in [-0.39, 0.29) is 18.2 Å². The van der Waals surface area contributed by atoms with Crippen LogP contribution in [0.4, 0.5) is 4.79 Å². The van der Waals surface area contributed by atoms with Crippen molar-refractivity contribution < 1.29 is 9.53 Å². The molecule has 2 saturated heterocycles. The first-order chi connectivity index (χ1) is 9.63. The van der Waals surface area contributed by atoms with Crippen molar-refractivity contribution in [3.63, 3.8) is 0 Å². The van der Waals surface area contributed by atoms with Gasteiger partial charge in [-0.3, -0.25) is 0 Å². The van der Waals surface area contributed by atoms with Crippen molar-refractivity contribution in [2.45, 2.75) is 58.2 Å². The maximum absolute atomic E-state index is 12.9. The number of urea groups is 1. The van der Waals surface area contributed by atoms with Gasteiger partial charge in [-0.15, -0.1) is 0 Å². The fraction of sp³-hybridized carbons (Fsp3) is 0.933. The summed E-state index contributed by atoms with van der Waals surface area (Å²) in [7, 11) is 0. The molecule has 0 aromatic carbocycles. The molecule has 5 heteroatoms. The predicted molar refractivity (Wildman–Crippen MR) is 84.3 cm³/mol. The van der Waals surface area contributed by atoms with E-state index in [4.69, 9.17) is 4.74 Å². The van der Waals surface area contributed by atoms with Gasteiger partial charge in [-0.2, -0.15) is 11.8 Å². The van der Waals surface area contributed by atoms with Gasteiger partial charge in [0.1, 0.15) is 0 Å². The summed E-state index contributed by atoms with van der Waals surface area (Å²) in [6, 6.07) is 0.851. The van der Waals surface area contributed by atoms with Crippen molar-refractivity contribution in [3.8, 4) is 0 Å². The summed E-state index contributed by atoms with van der Waals surface area (Å²) in [6.45, 7) is 8.65. The van der Waals surface area contributed by atoms with Gasteiger partial charge in [0.05, 0.1) is 6.10 Å². The number of rotatable bonds is 5. The summed E-state index contributed by atoms with van der Waals surface area (Å²) in [5.41, 5.74) is 0. The van der Waals surface area contributed by atoms with Gasteiger partial charge in [0.15, 0.2) is 0 Å². The number of thioether (sulfide) groups is 1. The normalized spacial score (nSPS) is 26.2. The van der Waals surface area contributed by atoms with E-state index >= 15 is 0 Å². The second-order valence-electron chi connectivity index (χ2n) is 5.97. The van der Waals surface area contributed by atoms with E-state index in [1.165, 1.54) is 5.75 Å². The van der Waals surface area contributed by atoms with Crippen LogP contribution in [0, 0.1) is 0 Å². The van der Waals surface area contributed by atoms with Crippen molar-refractivity contribution in [2.24, 2.45) is 0 Å². The average Bonchev–Trinajstić information content (AvgIpc) is 3.09. The fourth-order valence-electron chi connectivity index (χ4n) is 3.05. The van der Waals surface area contributed by atoms with Crippen LogP contribution in [0.1, 0.15) is 40.0 Å². The minimum Gasteiger partial charge on any atom is -0.376 e. The molecule has 2 aliphatic rings. The zero-order valence-electron chi connectivity index (χ0n) is 13.0. The number of hydrogen-bond donors (Lipinski definition) is 0. The summed E-state index contributed by atoms with van der Waals surface area (Å²) >= 11 is 1.96. The lowest BCUT2D eigenvalue weighted by molar-refractivity contribution is 0.0602. The Morgan fingerprint density at radius 1 is 1.40 bits per heavy atom. The van der Waals surface area contributed by atoms with Crippen molar-refractivity contribution in [1.29, 1.82) is 0 Å². The van der Waals surface area contributed by atoms with E-state index in [9.17, 15) is 4.79 Å². The molecular weight excluding hydrogens is 272 g/mol. The van der Waals surface area contributed by atoms with Crippen LogP contribution >= 0.6 is 11.8 Å². The zero-order valence-corrected chi connectivity index (χ0v) is 13.8. The molecule has 0 bridgehead atoms. The van der Waals surface area contributed by atoms with E-state index in [0.29, 0.717) is 6.04 Å². The van der Waals surface area contributed by atoms with E-state index < -0.39 is 0 Å². The van der Waals surface area contributed by atoms with Crippen molar-refractivity contribution >= 4 is 17.8 Å². The van der Waals surface area contributed by atoms with Crippen LogP contribution in [0.5, 0.6) is 0 Å². The Labute approximate surface area is 127 Å². The summed E-state index contributed by atoms with van der Waals surface area (Å²) in [5, 5.41) is 0. The molecule has 116 valence electrons. The first kappa shape index (κ1) is 16.0. The molecule has 2 atom stereocenters. The molecule has 0 aliphatic carbocycles. The molecule has 2 fully saturated rings. The van der Waals surface area contributed by atoms with Gasteiger partial charge in [-0.25, -0.2) is 4.79 Å². The molecule has 2 heterocycles. The van der Waals surface area contributed by atoms with E-state index in [1.807, 2.05) is 16.7 Å². The second-order valence-corrected chi connectivity index (χ2v) is 7.12. The molecule has 4 nitrogen and oxygen atoms in total. The highest BCUT2D eigenvalue weighted by Crippen LogP contribution is 2.25. The Morgan fingerprint density at radius 2 is 2.20 bits per heavy atom. The first-order valence-electron chi connectivity index (χ1n) is 7.90. The Morgan fingerprint density at radius 3 is 2.70 bits per heavy atom. The lowest BCUT2D eigenvalue weighted by Gasteiger charge is -2.37. The van der Waals surface area contributed by atoms with Gasteiger partial charge >= 0.3 is 6.03 Å². The Bertz CT molecular complexity index is 313. The third kappa shape index (κ3) is 3.82. The zero-order chi connectivity index (χ0) is 14.5. The minimum absolute atomic E-state index is 0.200. The Kier molecular flexibility index (Phi) is 6.02. The van der Waals surface area contributed by atoms with Gasteiger partial charge in [-0.05, 0) is 45.8 Å². The lowest BCUT2D eigenvalue weighted by Crippen LogP contribution is -2.52. The molecule has 0 saturated carbocycles. The van der Waals surface area contributed by atoms with E-state index in [1.54, 1.807) is 0 Å². The summed E-state index contributed by atoms with van der Waals surface area (Å²) in [6.07, 6.45) is 3.60. The average molecular weight is 300 g/mol. The minimum atomic E-state index is 0.200. The Hall–Kier alpha value is -0.420. The highest BCUT2D eigenvalue weighted by Gasteiger charge is 2.33. The van der Waals surface area contributed by atoms with Gasteiger partial charge in [0.25, 0.3) is 0 Å². The smallest absolute Gasteiger partial charge is 0.320 e. The molecule has 0 unspecified atom stereocenters. The molecule has 2 amide bonds. The molecule has 2 rings (SSSR count). The first-order valence-corrected chi connectivity index (χ1v) is 9.05. The number of carbonyl (C=O) groups excluding carboxylic acids is 1. The number of carbonyl (C=O) groups is 1. The molecule has 0 aromatic rings. The van der Waals surface area contributed by atoms with Crippen LogP contribution in [-0.4, -0.2) is 65.2 Å². The van der Waals surface area contributed by atoms with Gasteiger partial charge in [0, 0.05) is 37.5 Å². The molecular formula is C15H28N2O2S. The topological polar surface area (TPSA) is 32.8 Å². The number of ether oxygens (including phenoxy) is 1. The number of hydrogen-bond acceptors (Lipinski definition) is 3. The summed E-state index contributed by atoms with van der Waals surface area (Å²) < 4.78 is 5.75. The highest BCUT2D eigenvalue weighted by molar-refractivity contribution is 7.99. The third-order valence-corrected chi connectivity index (χ3v) is 5.37. The molecule has 0 N–H and O–H groups in total. The monoisotopic (exact) mass is 300 g/mol. The van der Waals surface area contributed by atoms with Crippen LogP contribution in [0.3, 0.4) is 0 Å². The predicted octanol–water partition coefficient (Wildman–Crippen LogP) is 2.82. The van der Waals surface area contributed by atoms with Crippen LogP contribution in [0.25, 0.3) is 0 Å². The molecule has 0 aromatic heterocycles. The van der Waals surface area contributed by atoms with Crippen LogP contribution in [-0.2, 0) is 4.74 Å². The second kappa shape index (κ2) is 7.55. The van der Waals surface area contributed by atoms with Crippen molar-refractivity contribution in [3.05, 3.63) is 0 Å². The largest absolute Gasteiger partial charge is 0.376 e. The maximum atomic E-state index is 12.9. The van der Waals surface area contributed by atoms with E-state index in [0.717, 1.165) is 44.7 Å². The standard InChI is InChI=1S/C15H28N2O2S/c1-4-16(12(2)3)15(18)17(13-7-9-20-11-13)10-14-6-5-8-19-14/h12-14H,4-11H2,1-3H3/t13-,14+/m0/s1. The number of amides is 2. The molecule has 0 radical (unpaired) electrons. The van der Waals surface area contributed by atoms with Gasteiger partial charge in [0.2, 0.25) is 0 Å². The summed E-state index contributed by atoms with van der Waals surface area (Å²) in [4.78, 5) is 16.9. The maximum Gasteiger partial charge on any atom is 0.320 e. The van der Waals surface area contributed by atoms with Crippen molar-refractivity contribution in [1.82, 2.24) is 9.80 Å². The molecule has 2 aliphatic heterocycles. The van der Waals surface area contributed by atoms with Crippen LogP contribution in [0.2, 0.25) is 0 Å². The molecule has 20 heavy (non-hydrogen) atoms. The molecule has 0 spiro atoms. The van der Waals surface area contributed by atoms with E-state index in [2.05, 4.69) is 25.7 Å². The third-order valence-electron chi connectivity index (χ3n) is 4.23. The van der Waals surface area contributed by atoms with Gasteiger partial charge in [-0.1, -0.05) is 0 Å². The van der Waals surface area contributed by atoms with Gasteiger partial charge < -0.3 is 14.5 Å². The van der Waals surface area contributed by atoms with Crippen LogP contribution < -0.4 is 0 Å². The quantitative estimate of drug-likeness (QED) is 0.783. The number of nitrogens with zero attached hydrogens (tertiary/aromatic N) is 2.